The van der Waals surface area contributed by atoms with Gasteiger partial charge in [0.25, 0.3) is 0 Å². The molecule has 1 saturated carbocycles. The number of hydrogen-bond acceptors (Lipinski definition) is 3. The highest BCUT2D eigenvalue weighted by molar-refractivity contribution is 7.10. The van der Waals surface area contributed by atoms with E-state index in [-0.39, 0.29) is 0 Å². The fraction of sp³-hybridized carbons (Fsp3) is 0.562. The number of thiophene rings is 1. The zero-order valence-corrected chi connectivity index (χ0v) is 12.7. The molecule has 4 heteroatoms. The summed E-state index contributed by atoms with van der Waals surface area (Å²) in [6.45, 7) is 2.85. The van der Waals surface area contributed by atoms with Crippen molar-refractivity contribution in [1.29, 1.82) is 0 Å². The monoisotopic (exact) mass is 294 g/mol. The highest BCUT2D eigenvalue weighted by Crippen LogP contribution is 2.30. The SMILES string of the molecule is CCC1CCCC(OCc2sccc2C=CC(=O)O)C1. The third-order valence-electron chi connectivity index (χ3n) is 3.95. The first-order valence-electron chi connectivity index (χ1n) is 7.28. The van der Waals surface area contributed by atoms with Crippen molar-refractivity contribution in [2.75, 3.05) is 0 Å². The maximum Gasteiger partial charge on any atom is 0.328 e. The van der Waals surface area contributed by atoms with Crippen molar-refractivity contribution in [2.24, 2.45) is 5.92 Å². The van der Waals surface area contributed by atoms with Crippen molar-refractivity contribution < 1.29 is 14.6 Å². The molecule has 0 saturated heterocycles. The van der Waals surface area contributed by atoms with E-state index in [1.807, 2.05) is 11.4 Å². The van der Waals surface area contributed by atoms with Gasteiger partial charge in [0.1, 0.15) is 0 Å². The summed E-state index contributed by atoms with van der Waals surface area (Å²) in [5.74, 6) is -0.107. The van der Waals surface area contributed by atoms with Gasteiger partial charge in [0.2, 0.25) is 0 Å². The minimum atomic E-state index is -0.916. The lowest BCUT2D eigenvalue weighted by Crippen LogP contribution is -2.22. The van der Waals surface area contributed by atoms with Crippen LogP contribution in [0.15, 0.2) is 17.5 Å². The fourth-order valence-electron chi connectivity index (χ4n) is 2.73. The molecule has 0 aliphatic heterocycles. The summed E-state index contributed by atoms with van der Waals surface area (Å²) < 4.78 is 6.04. The minimum Gasteiger partial charge on any atom is -0.478 e. The first kappa shape index (κ1) is 15.3. The van der Waals surface area contributed by atoms with Crippen LogP contribution >= 0.6 is 11.3 Å². The van der Waals surface area contributed by atoms with Crippen LogP contribution in [0.1, 0.15) is 49.5 Å². The van der Waals surface area contributed by atoms with E-state index in [2.05, 4.69) is 6.92 Å². The summed E-state index contributed by atoms with van der Waals surface area (Å²) in [6, 6.07) is 1.94. The first-order chi connectivity index (χ1) is 9.69. The third-order valence-corrected chi connectivity index (χ3v) is 4.86. The molecule has 20 heavy (non-hydrogen) atoms. The average molecular weight is 294 g/mol. The van der Waals surface area contributed by atoms with Gasteiger partial charge in [-0.15, -0.1) is 11.3 Å². The summed E-state index contributed by atoms with van der Waals surface area (Å²) in [6.07, 6.45) is 9.36. The van der Waals surface area contributed by atoms with E-state index in [9.17, 15) is 4.79 Å². The van der Waals surface area contributed by atoms with E-state index in [0.717, 1.165) is 22.8 Å². The highest BCUT2D eigenvalue weighted by Gasteiger charge is 2.21. The van der Waals surface area contributed by atoms with E-state index in [0.29, 0.717) is 12.7 Å². The molecule has 1 aromatic heterocycles. The van der Waals surface area contributed by atoms with Gasteiger partial charge in [-0.25, -0.2) is 4.79 Å². The molecule has 0 radical (unpaired) electrons. The number of hydrogen-bond donors (Lipinski definition) is 1. The number of aliphatic carboxylic acids is 1. The Kier molecular flexibility index (Phi) is 5.80. The predicted molar refractivity (Wildman–Crippen MR) is 81.8 cm³/mol. The smallest absolute Gasteiger partial charge is 0.328 e. The number of rotatable bonds is 6. The Bertz CT molecular complexity index is 464. The molecule has 1 aliphatic carbocycles. The van der Waals surface area contributed by atoms with Gasteiger partial charge in [-0.1, -0.05) is 26.2 Å². The number of carboxylic acid groups (broad SMARTS) is 1. The standard InChI is InChI=1S/C16H22O3S/c1-2-12-4-3-5-14(10-12)19-11-15-13(8-9-20-15)6-7-16(17)18/h6-9,12,14H,2-5,10-11H2,1H3,(H,17,18). The molecule has 1 N–H and O–H groups in total. The number of carbonyl (C=O) groups is 1. The van der Waals surface area contributed by atoms with Crippen molar-refractivity contribution in [3.05, 3.63) is 28.0 Å². The molecule has 0 spiro atoms. The Labute approximate surface area is 124 Å². The molecule has 1 heterocycles. The van der Waals surface area contributed by atoms with Crippen LogP contribution in [0, 0.1) is 5.92 Å². The number of carboxylic acids is 1. The normalized spacial score (nSPS) is 23.2. The molecule has 2 atom stereocenters. The predicted octanol–water partition coefficient (Wildman–Crippen LogP) is 4.33. The summed E-state index contributed by atoms with van der Waals surface area (Å²) >= 11 is 1.63. The van der Waals surface area contributed by atoms with E-state index >= 15 is 0 Å². The molecule has 2 rings (SSSR count). The van der Waals surface area contributed by atoms with Crippen molar-refractivity contribution in [3.63, 3.8) is 0 Å². The molecular formula is C16H22O3S. The molecule has 2 unspecified atom stereocenters. The van der Waals surface area contributed by atoms with Crippen LogP contribution < -0.4 is 0 Å². The highest BCUT2D eigenvalue weighted by atomic mass is 32.1. The topological polar surface area (TPSA) is 46.5 Å². The van der Waals surface area contributed by atoms with Crippen LogP contribution in [0.3, 0.4) is 0 Å². The van der Waals surface area contributed by atoms with E-state index in [4.69, 9.17) is 9.84 Å². The Morgan fingerprint density at radius 2 is 2.40 bits per heavy atom. The fourth-order valence-corrected chi connectivity index (χ4v) is 3.52. The quantitative estimate of drug-likeness (QED) is 0.794. The van der Waals surface area contributed by atoms with Crippen LogP contribution in [-0.2, 0) is 16.1 Å². The maximum absolute atomic E-state index is 10.6. The van der Waals surface area contributed by atoms with Gasteiger partial charge in [-0.05, 0) is 41.8 Å². The van der Waals surface area contributed by atoms with Crippen molar-refractivity contribution in [3.8, 4) is 0 Å². The molecule has 0 bridgehead atoms. The zero-order chi connectivity index (χ0) is 14.4. The molecule has 0 aromatic carbocycles. The van der Waals surface area contributed by atoms with Crippen LogP contribution in [0.4, 0.5) is 0 Å². The maximum atomic E-state index is 10.6. The van der Waals surface area contributed by atoms with Gasteiger partial charge in [-0.2, -0.15) is 0 Å². The molecule has 110 valence electrons. The third kappa shape index (κ3) is 4.46. The lowest BCUT2D eigenvalue weighted by molar-refractivity contribution is -0.131. The molecular weight excluding hydrogens is 272 g/mol. The van der Waals surface area contributed by atoms with Gasteiger partial charge >= 0.3 is 5.97 Å². The number of ether oxygens (including phenoxy) is 1. The van der Waals surface area contributed by atoms with Crippen molar-refractivity contribution >= 4 is 23.4 Å². The second-order valence-electron chi connectivity index (χ2n) is 5.34. The molecule has 1 aromatic rings. The Hall–Kier alpha value is -1.13. The van der Waals surface area contributed by atoms with Gasteiger partial charge in [-0.3, -0.25) is 0 Å². The van der Waals surface area contributed by atoms with Crippen LogP contribution in [0.2, 0.25) is 0 Å². The largest absolute Gasteiger partial charge is 0.478 e. The Morgan fingerprint density at radius 3 is 3.15 bits per heavy atom. The van der Waals surface area contributed by atoms with Crippen LogP contribution in [-0.4, -0.2) is 17.2 Å². The minimum absolute atomic E-state index is 0.368. The van der Waals surface area contributed by atoms with Gasteiger partial charge in [0.05, 0.1) is 12.7 Å². The lowest BCUT2D eigenvalue weighted by Gasteiger charge is -2.28. The van der Waals surface area contributed by atoms with Crippen LogP contribution in [0.25, 0.3) is 6.08 Å². The molecule has 0 amide bonds. The summed E-state index contributed by atoms with van der Waals surface area (Å²) in [5.41, 5.74) is 0.959. The van der Waals surface area contributed by atoms with E-state index < -0.39 is 5.97 Å². The Balaban J connectivity index is 1.88. The van der Waals surface area contributed by atoms with Gasteiger partial charge < -0.3 is 9.84 Å². The lowest BCUT2D eigenvalue weighted by atomic mass is 9.85. The second-order valence-corrected chi connectivity index (χ2v) is 6.35. The molecule has 1 fully saturated rings. The Morgan fingerprint density at radius 1 is 1.55 bits per heavy atom. The summed E-state index contributed by atoms with van der Waals surface area (Å²) in [5, 5.41) is 10.7. The molecule has 3 nitrogen and oxygen atoms in total. The summed E-state index contributed by atoms with van der Waals surface area (Å²) in [7, 11) is 0. The van der Waals surface area contributed by atoms with Gasteiger partial charge in [0.15, 0.2) is 0 Å². The molecule has 1 aliphatic rings. The van der Waals surface area contributed by atoms with Crippen molar-refractivity contribution in [1.82, 2.24) is 0 Å². The van der Waals surface area contributed by atoms with E-state index in [1.165, 1.54) is 31.8 Å². The first-order valence-corrected chi connectivity index (χ1v) is 8.16. The van der Waals surface area contributed by atoms with Crippen LogP contribution in [0.5, 0.6) is 0 Å². The summed E-state index contributed by atoms with van der Waals surface area (Å²) in [4.78, 5) is 11.7. The van der Waals surface area contributed by atoms with Crippen molar-refractivity contribution in [2.45, 2.75) is 51.7 Å². The van der Waals surface area contributed by atoms with E-state index in [1.54, 1.807) is 17.4 Å². The zero-order valence-electron chi connectivity index (χ0n) is 11.9. The average Bonchev–Trinajstić information content (AvgIpc) is 2.90. The second kappa shape index (κ2) is 7.60. The van der Waals surface area contributed by atoms with Gasteiger partial charge in [0, 0.05) is 11.0 Å².